The van der Waals surface area contributed by atoms with Crippen LogP contribution in [0.1, 0.15) is 53.4 Å². The molecular formula is C15H27O3P. The summed E-state index contributed by atoms with van der Waals surface area (Å²) in [5, 5.41) is 0. The maximum Gasteiger partial charge on any atom is 0.316 e. The molecule has 3 nitrogen and oxygen atoms in total. The molecule has 0 aliphatic rings. The fourth-order valence-corrected chi connectivity index (χ4v) is 1.82. The lowest BCUT2D eigenvalue weighted by atomic mass is 10.1. The van der Waals surface area contributed by atoms with Crippen molar-refractivity contribution in [3.05, 3.63) is 34.9 Å². The Morgan fingerprint density at radius 2 is 1.53 bits per heavy atom. The first-order valence-electron chi connectivity index (χ1n) is 6.72. The lowest BCUT2D eigenvalue weighted by molar-refractivity contribution is 0.312. The maximum atomic E-state index is 10.4. The highest BCUT2D eigenvalue weighted by Gasteiger charge is 1.93. The molecule has 0 aromatic rings. The first-order valence-corrected chi connectivity index (χ1v) is 7.98. The van der Waals surface area contributed by atoms with Crippen LogP contribution in [0.4, 0.5) is 0 Å². The van der Waals surface area contributed by atoms with E-state index in [1.54, 1.807) is 0 Å². The van der Waals surface area contributed by atoms with Gasteiger partial charge in [-0.1, -0.05) is 34.9 Å². The highest BCUT2D eigenvalue weighted by atomic mass is 31.1. The average Bonchev–Trinajstić information content (AvgIpc) is 2.27. The molecule has 110 valence electrons. The van der Waals surface area contributed by atoms with Crippen molar-refractivity contribution in [1.29, 1.82) is 0 Å². The average molecular weight is 286 g/mol. The minimum absolute atomic E-state index is 0.226. The number of rotatable bonds is 9. The van der Waals surface area contributed by atoms with Crippen LogP contribution in [0.3, 0.4) is 0 Å². The molecule has 1 unspecified atom stereocenters. The van der Waals surface area contributed by atoms with Crippen LogP contribution in [0, 0.1) is 0 Å². The van der Waals surface area contributed by atoms with Crippen molar-refractivity contribution in [3.8, 4) is 0 Å². The minimum atomic E-state index is -2.79. The van der Waals surface area contributed by atoms with Crippen LogP contribution in [-0.4, -0.2) is 11.5 Å². The van der Waals surface area contributed by atoms with Crippen LogP contribution in [0.15, 0.2) is 34.9 Å². The molecule has 0 aromatic carbocycles. The van der Waals surface area contributed by atoms with E-state index in [0.717, 1.165) is 25.7 Å². The summed E-state index contributed by atoms with van der Waals surface area (Å²) in [6.45, 7) is 8.65. The third kappa shape index (κ3) is 13.6. The fourth-order valence-electron chi connectivity index (χ4n) is 1.59. The lowest BCUT2D eigenvalue weighted by Gasteiger charge is -2.01. The molecule has 0 radical (unpaired) electrons. The largest absolute Gasteiger partial charge is 0.326 e. The van der Waals surface area contributed by atoms with Crippen molar-refractivity contribution in [2.75, 3.05) is 6.61 Å². The molecule has 0 saturated carbocycles. The summed E-state index contributed by atoms with van der Waals surface area (Å²) in [5.74, 6) is 0. The molecule has 0 rings (SSSR count). The van der Waals surface area contributed by atoms with Crippen molar-refractivity contribution in [2.24, 2.45) is 0 Å². The van der Waals surface area contributed by atoms with Gasteiger partial charge in [0.15, 0.2) is 0 Å². The third-order valence-electron chi connectivity index (χ3n) is 2.76. The molecule has 0 aliphatic heterocycles. The Kier molecular flexibility index (Phi) is 10.8. The Morgan fingerprint density at radius 3 is 2.05 bits per heavy atom. The second-order valence-electron chi connectivity index (χ2n) is 5.04. The molecular weight excluding hydrogens is 259 g/mol. The van der Waals surface area contributed by atoms with Gasteiger partial charge in [-0.05, 0) is 53.4 Å². The molecule has 0 aliphatic carbocycles. The Hall–Kier alpha value is -0.630. The summed E-state index contributed by atoms with van der Waals surface area (Å²) in [6.07, 6.45) is 10.6. The summed E-state index contributed by atoms with van der Waals surface area (Å²) in [7, 11) is -2.79. The predicted octanol–water partition coefficient (Wildman–Crippen LogP) is 4.80. The molecule has 1 atom stereocenters. The van der Waals surface area contributed by atoms with Crippen LogP contribution in [-0.2, 0) is 9.09 Å². The van der Waals surface area contributed by atoms with E-state index in [1.807, 2.05) is 13.0 Å². The van der Waals surface area contributed by atoms with Gasteiger partial charge < -0.3 is 9.42 Å². The Labute approximate surface area is 118 Å². The summed E-state index contributed by atoms with van der Waals surface area (Å²) in [6, 6.07) is 0. The second kappa shape index (κ2) is 11.2. The molecule has 1 N–H and O–H groups in total. The van der Waals surface area contributed by atoms with E-state index in [4.69, 9.17) is 4.89 Å². The number of hydrogen-bond acceptors (Lipinski definition) is 2. The van der Waals surface area contributed by atoms with E-state index in [0.29, 0.717) is 0 Å². The van der Waals surface area contributed by atoms with Crippen molar-refractivity contribution >= 4 is 8.25 Å². The van der Waals surface area contributed by atoms with Gasteiger partial charge >= 0.3 is 8.25 Å². The van der Waals surface area contributed by atoms with E-state index < -0.39 is 8.25 Å². The topological polar surface area (TPSA) is 46.5 Å². The summed E-state index contributed by atoms with van der Waals surface area (Å²) in [5.41, 5.74) is 3.98. The molecule has 0 spiro atoms. The zero-order valence-electron chi connectivity index (χ0n) is 12.5. The second-order valence-corrected chi connectivity index (χ2v) is 5.86. The van der Waals surface area contributed by atoms with Gasteiger partial charge in [0.2, 0.25) is 0 Å². The lowest BCUT2D eigenvalue weighted by Crippen LogP contribution is -1.85. The van der Waals surface area contributed by atoms with Gasteiger partial charge in [-0.25, -0.2) is 0 Å². The van der Waals surface area contributed by atoms with Crippen LogP contribution in [0.2, 0.25) is 0 Å². The number of allylic oxidation sites excluding steroid dienone is 5. The van der Waals surface area contributed by atoms with Crippen LogP contribution in [0.25, 0.3) is 0 Å². The van der Waals surface area contributed by atoms with Crippen LogP contribution >= 0.6 is 8.25 Å². The summed E-state index contributed by atoms with van der Waals surface area (Å²) < 4.78 is 15.0. The monoisotopic (exact) mass is 286 g/mol. The Bertz CT molecular complexity index is 364. The summed E-state index contributed by atoms with van der Waals surface area (Å²) in [4.78, 5) is 8.52. The van der Waals surface area contributed by atoms with Crippen LogP contribution in [0.5, 0.6) is 0 Å². The van der Waals surface area contributed by atoms with Crippen LogP contribution < -0.4 is 0 Å². The zero-order chi connectivity index (χ0) is 14.7. The molecule has 19 heavy (non-hydrogen) atoms. The Balaban J connectivity index is 3.86. The Morgan fingerprint density at radius 1 is 1.00 bits per heavy atom. The standard InChI is InChI=1S/C15H27O3P/c1-13(2)7-5-8-14(3)9-6-10-15(4)11-12-18-19(16)17/h7,9,11,19H,5-6,8,10,12H2,1-4H3,(H,16,17). The van der Waals surface area contributed by atoms with Crippen molar-refractivity contribution < 1.29 is 14.0 Å². The number of hydrogen-bond donors (Lipinski definition) is 1. The van der Waals surface area contributed by atoms with E-state index in [9.17, 15) is 4.57 Å². The first kappa shape index (κ1) is 18.4. The first-order chi connectivity index (χ1) is 8.91. The molecule has 0 heterocycles. The maximum absolute atomic E-state index is 10.4. The summed E-state index contributed by atoms with van der Waals surface area (Å²) >= 11 is 0. The van der Waals surface area contributed by atoms with Gasteiger partial charge in [0.25, 0.3) is 0 Å². The highest BCUT2D eigenvalue weighted by molar-refractivity contribution is 7.32. The molecule has 0 amide bonds. The van der Waals surface area contributed by atoms with Gasteiger partial charge in [0.05, 0.1) is 6.61 Å². The third-order valence-corrected chi connectivity index (χ3v) is 3.17. The van der Waals surface area contributed by atoms with E-state index in [1.165, 1.54) is 16.7 Å². The molecule has 0 bridgehead atoms. The van der Waals surface area contributed by atoms with Crippen molar-refractivity contribution in [1.82, 2.24) is 0 Å². The molecule has 0 aromatic heterocycles. The fraction of sp³-hybridized carbons (Fsp3) is 0.600. The van der Waals surface area contributed by atoms with E-state index in [2.05, 4.69) is 37.4 Å². The highest BCUT2D eigenvalue weighted by Crippen LogP contribution is 2.15. The van der Waals surface area contributed by atoms with Gasteiger partial charge in [-0.3, -0.25) is 4.57 Å². The van der Waals surface area contributed by atoms with E-state index in [-0.39, 0.29) is 6.61 Å². The van der Waals surface area contributed by atoms with Gasteiger partial charge in [0, 0.05) is 0 Å². The zero-order valence-corrected chi connectivity index (χ0v) is 13.5. The van der Waals surface area contributed by atoms with Gasteiger partial charge in [-0.2, -0.15) is 0 Å². The molecule has 0 saturated heterocycles. The van der Waals surface area contributed by atoms with Crippen molar-refractivity contribution in [2.45, 2.75) is 53.4 Å². The quantitative estimate of drug-likeness (QED) is 0.489. The molecule has 4 heteroatoms. The normalized spacial score (nSPS) is 14.4. The SMILES string of the molecule is CC(C)=CCCC(C)=CCCC(C)=CCO[PH](=O)O. The minimum Gasteiger partial charge on any atom is -0.326 e. The predicted molar refractivity (Wildman–Crippen MR) is 82.6 cm³/mol. The smallest absolute Gasteiger partial charge is 0.316 e. The van der Waals surface area contributed by atoms with E-state index >= 15 is 0 Å². The molecule has 0 fully saturated rings. The van der Waals surface area contributed by atoms with Gasteiger partial charge in [0.1, 0.15) is 0 Å². The van der Waals surface area contributed by atoms with Gasteiger partial charge in [-0.15, -0.1) is 0 Å². The van der Waals surface area contributed by atoms with Crippen molar-refractivity contribution in [3.63, 3.8) is 0 Å².